The van der Waals surface area contributed by atoms with Gasteiger partial charge >= 0.3 is 6.03 Å². The van der Waals surface area contributed by atoms with Crippen molar-refractivity contribution in [2.75, 3.05) is 17.2 Å². The Bertz CT molecular complexity index is 1130. The second kappa shape index (κ2) is 9.06. The van der Waals surface area contributed by atoms with Crippen LogP contribution in [0.2, 0.25) is 0 Å². The Morgan fingerprint density at radius 1 is 1.10 bits per heavy atom. The van der Waals surface area contributed by atoms with Gasteiger partial charge in [0.1, 0.15) is 22.7 Å². The molecular formula is C20H16BrF2N5O2S. The number of halogens is 3. The van der Waals surface area contributed by atoms with Crippen LogP contribution in [-0.2, 0) is 4.79 Å². The molecule has 1 unspecified atom stereocenters. The Morgan fingerprint density at radius 2 is 1.87 bits per heavy atom. The first-order valence-corrected chi connectivity index (χ1v) is 10.9. The van der Waals surface area contributed by atoms with E-state index in [1.807, 2.05) is 24.3 Å². The minimum atomic E-state index is -0.886. The molecule has 160 valence electrons. The molecule has 1 atom stereocenters. The average Bonchev–Trinajstić information content (AvgIpc) is 3.40. The summed E-state index contributed by atoms with van der Waals surface area (Å²) in [5.41, 5.74) is 0.713. The van der Waals surface area contributed by atoms with Crippen molar-refractivity contribution in [2.24, 2.45) is 0 Å². The largest absolute Gasteiger partial charge is 0.322 e. The van der Waals surface area contributed by atoms with Crippen molar-refractivity contribution >= 4 is 50.0 Å². The van der Waals surface area contributed by atoms with E-state index in [0.29, 0.717) is 35.6 Å². The monoisotopic (exact) mass is 507 g/mol. The molecule has 0 aliphatic carbocycles. The Morgan fingerprint density at radius 3 is 2.61 bits per heavy atom. The van der Waals surface area contributed by atoms with E-state index in [4.69, 9.17) is 0 Å². The predicted octanol–water partition coefficient (Wildman–Crippen LogP) is 4.88. The minimum Gasteiger partial charge on any atom is -0.312 e. The van der Waals surface area contributed by atoms with E-state index in [2.05, 4.69) is 36.8 Å². The third-order valence-electron chi connectivity index (χ3n) is 4.74. The zero-order chi connectivity index (χ0) is 22.0. The van der Waals surface area contributed by atoms with Crippen molar-refractivity contribution in [2.45, 2.75) is 18.9 Å². The summed E-state index contributed by atoms with van der Waals surface area (Å²) in [6.45, 7) is 0.340. The van der Waals surface area contributed by atoms with Crippen molar-refractivity contribution in [3.05, 3.63) is 58.6 Å². The molecule has 0 bridgehead atoms. The van der Waals surface area contributed by atoms with E-state index in [0.717, 1.165) is 22.2 Å². The first kappa shape index (κ1) is 21.3. The lowest BCUT2D eigenvalue weighted by Gasteiger charge is -2.23. The van der Waals surface area contributed by atoms with Crippen LogP contribution in [0.15, 0.2) is 46.9 Å². The van der Waals surface area contributed by atoms with Gasteiger partial charge in [-0.15, -0.1) is 10.2 Å². The minimum absolute atomic E-state index is 0.152. The van der Waals surface area contributed by atoms with Crippen molar-refractivity contribution in [1.82, 2.24) is 15.1 Å². The third kappa shape index (κ3) is 4.88. The number of hydrogen-bond acceptors (Lipinski definition) is 5. The Hall–Kier alpha value is -2.92. The molecule has 0 spiro atoms. The zero-order valence-corrected chi connectivity index (χ0v) is 18.3. The van der Waals surface area contributed by atoms with Gasteiger partial charge < -0.3 is 10.2 Å². The number of nitrogens with one attached hydrogen (secondary N) is 2. The molecule has 2 aromatic carbocycles. The quantitative estimate of drug-likeness (QED) is 0.526. The van der Waals surface area contributed by atoms with Gasteiger partial charge in [0.2, 0.25) is 11.0 Å². The fraction of sp³-hybridized carbons (Fsp3) is 0.200. The van der Waals surface area contributed by atoms with Crippen molar-refractivity contribution in [1.29, 1.82) is 0 Å². The molecular weight excluding hydrogens is 492 g/mol. The summed E-state index contributed by atoms with van der Waals surface area (Å²) in [6.07, 6.45) is 1.08. The fourth-order valence-corrected chi connectivity index (χ4v) is 4.25. The second-order valence-electron chi connectivity index (χ2n) is 6.81. The van der Waals surface area contributed by atoms with E-state index < -0.39 is 29.6 Å². The van der Waals surface area contributed by atoms with Gasteiger partial charge in [-0.1, -0.05) is 39.4 Å². The molecule has 1 aliphatic heterocycles. The van der Waals surface area contributed by atoms with Crippen molar-refractivity contribution in [3.63, 3.8) is 0 Å². The molecule has 11 heteroatoms. The van der Waals surface area contributed by atoms with Gasteiger partial charge in [-0.05, 0) is 37.1 Å². The van der Waals surface area contributed by atoms with E-state index in [-0.39, 0.29) is 5.69 Å². The number of carbonyl (C=O) groups is 2. The molecule has 1 aromatic heterocycles. The van der Waals surface area contributed by atoms with Crippen LogP contribution in [0.1, 0.15) is 12.8 Å². The lowest BCUT2D eigenvalue weighted by molar-refractivity contribution is -0.119. The number of urea groups is 1. The molecule has 7 nitrogen and oxygen atoms in total. The van der Waals surface area contributed by atoms with Crippen LogP contribution in [-0.4, -0.2) is 39.6 Å². The van der Waals surface area contributed by atoms with Gasteiger partial charge in [-0.2, -0.15) is 0 Å². The van der Waals surface area contributed by atoms with Crippen molar-refractivity contribution < 1.29 is 18.4 Å². The summed E-state index contributed by atoms with van der Waals surface area (Å²) in [5.74, 6) is -2.03. The van der Waals surface area contributed by atoms with Gasteiger partial charge in [0.05, 0.1) is 5.69 Å². The van der Waals surface area contributed by atoms with E-state index in [1.165, 1.54) is 16.2 Å². The fourth-order valence-electron chi connectivity index (χ4n) is 3.23. The molecule has 0 saturated carbocycles. The summed E-state index contributed by atoms with van der Waals surface area (Å²) in [7, 11) is 0. The Balaban J connectivity index is 1.42. The van der Waals surface area contributed by atoms with Crippen LogP contribution in [0, 0.1) is 11.6 Å². The number of nitrogens with zero attached hydrogens (tertiary/aromatic N) is 3. The maximum atomic E-state index is 13.8. The highest BCUT2D eigenvalue weighted by Crippen LogP contribution is 2.28. The normalized spacial score (nSPS) is 15.7. The number of amides is 3. The van der Waals surface area contributed by atoms with Crippen LogP contribution in [0.3, 0.4) is 0 Å². The smallest absolute Gasteiger partial charge is 0.312 e. The Kier molecular flexibility index (Phi) is 6.23. The first-order valence-electron chi connectivity index (χ1n) is 9.34. The summed E-state index contributed by atoms with van der Waals surface area (Å²) in [6, 6.07) is 9.04. The molecule has 2 N–H and O–H groups in total. The molecule has 1 fully saturated rings. The molecule has 4 rings (SSSR count). The third-order valence-corrected chi connectivity index (χ3v) is 6.15. The average molecular weight is 508 g/mol. The molecule has 2 heterocycles. The Labute approximate surface area is 188 Å². The number of rotatable bonds is 4. The zero-order valence-electron chi connectivity index (χ0n) is 15.9. The van der Waals surface area contributed by atoms with E-state index >= 15 is 0 Å². The maximum Gasteiger partial charge on any atom is 0.322 e. The van der Waals surface area contributed by atoms with Gasteiger partial charge in [-0.3, -0.25) is 10.1 Å². The van der Waals surface area contributed by atoms with Gasteiger partial charge in [0, 0.05) is 22.6 Å². The number of aromatic nitrogens is 2. The molecule has 1 aliphatic rings. The SMILES string of the molecule is O=C(Nc1nnc(-c2ccc(Br)cc2)s1)C1CCCN1C(=O)Nc1ccc(F)cc1F. The van der Waals surface area contributed by atoms with Crippen molar-refractivity contribution in [3.8, 4) is 10.6 Å². The summed E-state index contributed by atoms with van der Waals surface area (Å²) in [5, 5.41) is 14.2. The number of benzene rings is 2. The predicted molar refractivity (Wildman–Crippen MR) is 117 cm³/mol. The number of likely N-dealkylation sites (tertiary alicyclic amines) is 1. The molecule has 1 saturated heterocycles. The van der Waals surface area contributed by atoms with E-state index in [9.17, 15) is 18.4 Å². The maximum absolute atomic E-state index is 13.8. The standard InChI is InChI=1S/C20H16BrF2N5O2S/c21-12-5-3-11(4-6-12)18-26-27-19(31-18)25-17(29)16-2-1-9-28(16)20(30)24-15-8-7-13(22)10-14(15)23/h3-8,10,16H,1-2,9H2,(H,24,30)(H,25,27,29). The summed E-state index contributed by atoms with van der Waals surface area (Å²) < 4.78 is 27.8. The lowest BCUT2D eigenvalue weighted by atomic mass is 10.2. The van der Waals surface area contributed by atoms with Crippen LogP contribution in [0.4, 0.5) is 24.4 Å². The molecule has 31 heavy (non-hydrogen) atoms. The highest BCUT2D eigenvalue weighted by atomic mass is 79.9. The highest BCUT2D eigenvalue weighted by Gasteiger charge is 2.35. The topological polar surface area (TPSA) is 87.2 Å². The first-order chi connectivity index (χ1) is 14.9. The lowest BCUT2D eigenvalue weighted by Crippen LogP contribution is -2.45. The summed E-state index contributed by atoms with van der Waals surface area (Å²) >= 11 is 4.60. The van der Waals surface area contributed by atoms with Crippen LogP contribution in [0.5, 0.6) is 0 Å². The second-order valence-corrected chi connectivity index (χ2v) is 8.71. The number of hydrogen-bond donors (Lipinski definition) is 2. The molecule has 3 amide bonds. The van der Waals surface area contributed by atoms with Gasteiger partial charge in [0.15, 0.2) is 0 Å². The molecule has 3 aromatic rings. The number of carbonyl (C=O) groups excluding carboxylic acids is 2. The highest BCUT2D eigenvalue weighted by molar-refractivity contribution is 9.10. The summed E-state index contributed by atoms with van der Waals surface area (Å²) in [4.78, 5) is 26.7. The molecule has 0 radical (unpaired) electrons. The number of anilines is 2. The van der Waals surface area contributed by atoms with E-state index in [1.54, 1.807) is 0 Å². The van der Waals surface area contributed by atoms with Crippen LogP contribution in [0.25, 0.3) is 10.6 Å². The van der Waals surface area contributed by atoms with Crippen LogP contribution >= 0.6 is 27.3 Å². The van der Waals surface area contributed by atoms with Gasteiger partial charge in [-0.25, -0.2) is 13.6 Å². The van der Waals surface area contributed by atoms with Crippen LogP contribution < -0.4 is 10.6 Å². The van der Waals surface area contributed by atoms with Gasteiger partial charge in [0.25, 0.3) is 0 Å².